The fraction of sp³-hybridized carbons (Fsp3) is 0.111. The van der Waals surface area contributed by atoms with Gasteiger partial charge in [-0.1, -0.05) is 24.3 Å². The Morgan fingerprint density at radius 2 is 1.54 bits per heavy atom. The van der Waals surface area contributed by atoms with Gasteiger partial charge in [0.25, 0.3) is 17.7 Å². The van der Waals surface area contributed by atoms with E-state index in [0.29, 0.717) is 22.2 Å². The van der Waals surface area contributed by atoms with Gasteiger partial charge in [-0.2, -0.15) is 0 Å². The van der Waals surface area contributed by atoms with E-state index < -0.39 is 17.9 Å². The molecule has 2 amide bonds. The summed E-state index contributed by atoms with van der Waals surface area (Å²) in [6, 6.07) is 12.9. The van der Waals surface area contributed by atoms with Gasteiger partial charge in [0.15, 0.2) is 0 Å². The lowest BCUT2D eigenvalue weighted by molar-refractivity contribution is 0.0530. The monoisotopic (exact) mass is 319 g/mol. The first-order valence-electron chi connectivity index (χ1n) is 7.53. The van der Waals surface area contributed by atoms with Crippen LogP contribution in [-0.4, -0.2) is 38.2 Å². The summed E-state index contributed by atoms with van der Waals surface area (Å²) in [5.41, 5.74) is 1.99. The lowest BCUT2D eigenvalue weighted by Gasteiger charge is -2.21. The van der Waals surface area contributed by atoms with Crippen molar-refractivity contribution >= 4 is 28.8 Å². The topological polar surface area (TPSA) is 72.3 Å². The Morgan fingerprint density at radius 1 is 0.958 bits per heavy atom. The summed E-state index contributed by atoms with van der Waals surface area (Å²) in [5.74, 6) is -1.26. The summed E-state index contributed by atoms with van der Waals surface area (Å²) in [5, 5.41) is 0. The minimum Gasteiger partial charge on any atom is -0.272 e. The molecule has 2 aromatic carbocycles. The second kappa shape index (κ2) is 5.13. The molecule has 0 saturated heterocycles. The summed E-state index contributed by atoms with van der Waals surface area (Å²) in [4.78, 5) is 43.0. The Balaban J connectivity index is 1.72. The van der Waals surface area contributed by atoms with E-state index >= 15 is 0 Å². The van der Waals surface area contributed by atoms with Gasteiger partial charge >= 0.3 is 0 Å². The van der Waals surface area contributed by atoms with Crippen LogP contribution in [0.5, 0.6) is 0 Å². The molecule has 0 bridgehead atoms. The molecule has 0 spiro atoms. The molecule has 0 saturated carbocycles. The van der Waals surface area contributed by atoms with Crippen LogP contribution in [0.3, 0.4) is 0 Å². The number of benzene rings is 2. The molecular weight excluding hydrogens is 306 g/mol. The van der Waals surface area contributed by atoms with E-state index in [-0.39, 0.29) is 5.91 Å². The van der Waals surface area contributed by atoms with Gasteiger partial charge in [-0.05, 0) is 31.2 Å². The van der Waals surface area contributed by atoms with Crippen LogP contribution < -0.4 is 0 Å². The van der Waals surface area contributed by atoms with Crippen LogP contribution >= 0.6 is 0 Å². The third-order valence-electron chi connectivity index (χ3n) is 4.26. The number of rotatable bonds is 2. The van der Waals surface area contributed by atoms with Crippen molar-refractivity contribution in [3.8, 4) is 0 Å². The number of carbonyl (C=O) groups excluding carboxylic acids is 3. The van der Waals surface area contributed by atoms with E-state index in [2.05, 4.69) is 4.98 Å². The van der Waals surface area contributed by atoms with Crippen LogP contribution in [-0.2, 0) is 0 Å². The van der Waals surface area contributed by atoms with Crippen molar-refractivity contribution in [1.82, 2.24) is 14.5 Å². The summed E-state index contributed by atoms with van der Waals surface area (Å²) in [6.07, 6.45) is 1.42. The molecule has 1 atom stereocenters. The fourth-order valence-electron chi connectivity index (χ4n) is 3.01. The molecule has 3 aromatic rings. The molecule has 2 heterocycles. The second-order valence-electron chi connectivity index (χ2n) is 5.64. The van der Waals surface area contributed by atoms with Crippen LogP contribution in [0, 0.1) is 0 Å². The third-order valence-corrected chi connectivity index (χ3v) is 4.26. The summed E-state index contributed by atoms with van der Waals surface area (Å²) < 4.78 is 1.38. The molecule has 0 aliphatic carbocycles. The molecule has 0 N–H and O–H groups in total. The lowest BCUT2D eigenvalue weighted by Crippen LogP contribution is -2.44. The number of amides is 2. The maximum Gasteiger partial charge on any atom is 0.262 e. The Bertz CT molecular complexity index is 970. The first-order chi connectivity index (χ1) is 11.6. The lowest BCUT2D eigenvalue weighted by atomic mass is 10.1. The minimum atomic E-state index is -0.921. The molecule has 1 aromatic heterocycles. The quantitative estimate of drug-likeness (QED) is 0.680. The van der Waals surface area contributed by atoms with Crippen molar-refractivity contribution in [2.75, 3.05) is 0 Å². The van der Waals surface area contributed by atoms with E-state index in [1.54, 1.807) is 49.4 Å². The summed E-state index contributed by atoms with van der Waals surface area (Å²) >= 11 is 0. The number of carbonyl (C=O) groups is 3. The maximum atomic E-state index is 12.8. The Labute approximate surface area is 137 Å². The number of hydrogen-bond acceptors (Lipinski definition) is 4. The highest BCUT2D eigenvalue weighted by molar-refractivity contribution is 6.23. The predicted octanol–water partition coefficient (Wildman–Crippen LogP) is 2.36. The molecule has 1 aliphatic rings. The van der Waals surface area contributed by atoms with Crippen molar-refractivity contribution in [2.45, 2.75) is 13.0 Å². The number of hydrogen-bond donors (Lipinski definition) is 0. The van der Waals surface area contributed by atoms with E-state index in [1.807, 2.05) is 6.07 Å². The zero-order valence-corrected chi connectivity index (χ0v) is 12.8. The van der Waals surface area contributed by atoms with Crippen molar-refractivity contribution in [1.29, 1.82) is 0 Å². The van der Waals surface area contributed by atoms with Crippen LogP contribution in [0.15, 0.2) is 54.9 Å². The Morgan fingerprint density at radius 3 is 2.21 bits per heavy atom. The average molecular weight is 319 g/mol. The van der Waals surface area contributed by atoms with Gasteiger partial charge in [0, 0.05) is 0 Å². The Kier molecular flexibility index (Phi) is 3.06. The van der Waals surface area contributed by atoms with E-state index in [0.717, 1.165) is 4.90 Å². The van der Waals surface area contributed by atoms with Gasteiger partial charge in [-0.15, -0.1) is 0 Å². The van der Waals surface area contributed by atoms with Crippen molar-refractivity contribution in [2.24, 2.45) is 0 Å². The number of imidazole rings is 1. The molecule has 6 heteroatoms. The van der Waals surface area contributed by atoms with Gasteiger partial charge < -0.3 is 0 Å². The molecule has 1 aliphatic heterocycles. The van der Waals surface area contributed by atoms with Crippen LogP contribution in [0.2, 0.25) is 0 Å². The summed E-state index contributed by atoms with van der Waals surface area (Å²) in [7, 11) is 0. The van der Waals surface area contributed by atoms with Crippen LogP contribution in [0.25, 0.3) is 11.0 Å². The van der Waals surface area contributed by atoms with E-state index in [4.69, 9.17) is 0 Å². The number of aromatic nitrogens is 2. The zero-order valence-electron chi connectivity index (χ0n) is 12.8. The molecule has 24 heavy (non-hydrogen) atoms. The first kappa shape index (κ1) is 14.3. The Hall–Kier alpha value is -3.28. The van der Waals surface area contributed by atoms with Crippen molar-refractivity contribution < 1.29 is 14.4 Å². The van der Waals surface area contributed by atoms with Crippen LogP contribution in [0.4, 0.5) is 0 Å². The highest BCUT2D eigenvalue weighted by atomic mass is 16.2. The molecule has 4 rings (SSSR count). The smallest absolute Gasteiger partial charge is 0.262 e. The molecule has 118 valence electrons. The molecule has 0 unspecified atom stereocenters. The number of imide groups is 1. The number of fused-ring (bicyclic) bond motifs is 2. The fourth-order valence-corrected chi connectivity index (χ4v) is 3.01. The maximum absolute atomic E-state index is 12.8. The molecule has 0 fully saturated rings. The largest absolute Gasteiger partial charge is 0.272 e. The van der Waals surface area contributed by atoms with Gasteiger partial charge in [0.2, 0.25) is 0 Å². The highest BCUT2D eigenvalue weighted by Gasteiger charge is 2.41. The summed E-state index contributed by atoms with van der Waals surface area (Å²) in [6.45, 7) is 1.55. The van der Waals surface area contributed by atoms with E-state index in [9.17, 15) is 14.4 Å². The van der Waals surface area contributed by atoms with E-state index in [1.165, 1.54) is 10.9 Å². The van der Waals surface area contributed by atoms with Gasteiger partial charge in [0.05, 0.1) is 22.2 Å². The third kappa shape index (κ3) is 1.89. The van der Waals surface area contributed by atoms with Gasteiger partial charge in [-0.3, -0.25) is 23.9 Å². The number of nitrogens with zero attached hydrogens (tertiary/aromatic N) is 3. The van der Waals surface area contributed by atoms with Crippen LogP contribution in [0.1, 0.15) is 32.4 Å². The number of para-hydroxylation sites is 2. The van der Waals surface area contributed by atoms with Gasteiger partial charge in [-0.25, -0.2) is 4.98 Å². The highest BCUT2D eigenvalue weighted by Crippen LogP contribution is 2.25. The van der Waals surface area contributed by atoms with Crippen molar-refractivity contribution in [3.63, 3.8) is 0 Å². The average Bonchev–Trinajstić information content (AvgIpc) is 3.14. The van der Waals surface area contributed by atoms with Crippen molar-refractivity contribution in [3.05, 3.63) is 66.0 Å². The normalized spacial score (nSPS) is 15.0. The standard InChI is InChI=1S/C18H13N3O3/c1-11(16(22)20-10-19-14-8-4-5-9-15(14)20)21-17(23)12-6-2-3-7-13(12)18(21)24/h2-11H,1H3/t11-/m1/s1. The SMILES string of the molecule is C[C@H](C(=O)n1cnc2ccccc21)N1C(=O)c2ccccc2C1=O. The molecule has 0 radical (unpaired) electrons. The predicted molar refractivity (Wildman–Crippen MR) is 86.8 cm³/mol. The molecule has 6 nitrogen and oxygen atoms in total. The zero-order chi connectivity index (χ0) is 16.8. The molecular formula is C18H13N3O3. The second-order valence-corrected chi connectivity index (χ2v) is 5.64. The van der Waals surface area contributed by atoms with Gasteiger partial charge in [0.1, 0.15) is 12.4 Å². The first-order valence-corrected chi connectivity index (χ1v) is 7.53. The minimum absolute atomic E-state index is 0.331.